The number of hydrogen-bond acceptors (Lipinski definition) is 4. The molecule has 0 amide bonds. The second-order valence-electron chi connectivity index (χ2n) is 8.17. The number of alkyl halides is 11. The third kappa shape index (κ3) is 6.40. The molecule has 0 aromatic rings. The van der Waals surface area contributed by atoms with Crippen LogP contribution in [-0.4, -0.2) is 54.5 Å². The van der Waals surface area contributed by atoms with E-state index in [1.807, 2.05) is 0 Å². The van der Waals surface area contributed by atoms with E-state index in [9.17, 15) is 57.9 Å². The minimum Gasteiger partial charge on any atom is -0.461 e. The number of carbonyl (C=O) groups is 2. The summed E-state index contributed by atoms with van der Waals surface area (Å²) in [5.41, 5.74) is -1.26. The van der Waals surface area contributed by atoms with Gasteiger partial charge in [-0.25, -0.2) is 4.79 Å². The van der Waals surface area contributed by atoms with Gasteiger partial charge in [0.2, 0.25) is 0 Å². The van der Waals surface area contributed by atoms with Gasteiger partial charge in [-0.2, -0.15) is 48.3 Å². The van der Waals surface area contributed by atoms with Gasteiger partial charge in [0.15, 0.2) is 6.10 Å². The second-order valence-corrected chi connectivity index (χ2v) is 8.17. The van der Waals surface area contributed by atoms with Gasteiger partial charge in [0.25, 0.3) is 0 Å². The highest BCUT2D eigenvalue weighted by atomic mass is 19.4. The molecule has 4 nitrogen and oxygen atoms in total. The van der Waals surface area contributed by atoms with Crippen LogP contribution in [0.25, 0.3) is 0 Å². The van der Waals surface area contributed by atoms with E-state index in [0.29, 0.717) is 0 Å². The predicted octanol–water partition coefficient (Wildman–Crippen LogP) is 6.03. The number of halogens is 11. The molecule has 0 aliphatic carbocycles. The van der Waals surface area contributed by atoms with E-state index in [-0.39, 0.29) is 6.42 Å². The summed E-state index contributed by atoms with van der Waals surface area (Å²) in [6.45, 7) is 4.31. The van der Waals surface area contributed by atoms with Crippen LogP contribution >= 0.6 is 0 Å². The highest BCUT2D eigenvalue weighted by molar-refractivity contribution is 5.80. The highest BCUT2D eigenvalue weighted by Gasteiger charge is 2.81. The maximum absolute atomic E-state index is 14.4. The smallest absolute Gasteiger partial charge is 0.460 e. The van der Waals surface area contributed by atoms with E-state index in [1.54, 1.807) is 0 Å². The summed E-state index contributed by atoms with van der Waals surface area (Å²) in [5, 5.41) is 0. The molecule has 15 heteroatoms. The molecule has 0 fully saturated rings. The Bertz CT molecular complexity index is 700. The molecule has 0 bridgehead atoms. The standard InChI is InChI=1S/C18H23F11O4/c1-6-13(4,5)11(30)33-10(9(2)3)15(21,22)12(31)32-8-7-14(19,20)16(23,24)17(25,26)18(27,28)29/h9-10H,6-8H2,1-5H3. The van der Waals surface area contributed by atoms with Crippen molar-refractivity contribution in [2.75, 3.05) is 6.61 Å². The molecule has 1 unspecified atom stereocenters. The first-order valence-corrected chi connectivity index (χ1v) is 9.36. The fourth-order valence-corrected chi connectivity index (χ4v) is 2.10. The van der Waals surface area contributed by atoms with Crippen molar-refractivity contribution in [3.63, 3.8) is 0 Å². The third-order valence-corrected chi connectivity index (χ3v) is 4.76. The van der Waals surface area contributed by atoms with Gasteiger partial charge in [0.1, 0.15) is 0 Å². The van der Waals surface area contributed by atoms with Crippen molar-refractivity contribution in [3.05, 3.63) is 0 Å². The zero-order valence-corrected chi connectivity index (χ0v) is 18.1. The Balaban J connectivity index is 5.47. The summed E-state index contributed by atoms with van der Waals surface area (Å²) < 4.78 is 152. The van der Waals surface area contributed by atoms with Crippen LogP contribution in [0, 0.1) is 11.3 Å². The van der Waals surface area contributed by atoms with E-state index >= 15 is 0 Å². The van der Waals surface area contributed by atoms with Gasteiger partial charge in [0, 0.05) is 0 Å². The van der Waals surface area contributed by atoms with Crippen LogP contribution in [0.5, 0.6) is 0 Å². The molecule has 0 saturated carbocycles. The van der Waals surface area contributed by atoms with Crippen molar-refractivity contribution in [1.82, 2.24) is 0 Å². The predicted molar refractivity (Wildman–Crippen MR) is 90.2 cm³/mol. The van der Waals surface area contributed by atoms with E-state index in [1.165, 1.54) is 20.8 Å². The molecule has 0 aromatic heterocycles. The molecule has 33 heavy (non-hydrogen) atoms. The molecule has 0 saturated heterocycles. The third-order valence-electron chi connectivity index (χ3n) is 4.76. The lowest BCUT2D eigenvalue weighted by Gasteiger charge is -2.34. The highest BCUT2D eigenvalue weighted by Crippen LogP contribution is 2.54. The van der Waals surface area contributed by atoms with E-state index in [4.69, 9.17) is 0 Å². The van der Waals surface area contributed by atoms with Crippen LogP contribution in [-0.2, 0) is 19.1 Å². The summed E-state index contributed by atoms with van der Waals surface area (Å²) in [6, 6.07) is 0. The molecule has 0 radical (unpaired) electrons. The van der Waals surface area contributed by atoms with Crippen LogP contribution in [0.2, 0.25) is 0 Å². The van der Waals surface area contributed by atoms with Crippen LogP contribution in [0.4, 0.5) is 48.3 Å². The zero-order chi connectivity index (χ0) is 26.8. The second kappa shape index (κ2) is 9.80. The SMILES string of the molecule is CCC(C)(C)C(=O)OC(C(C)C)C(F)(F)C(=O)OCCC(F)(F)C(F)(F)C(F)(F)C(F)(F)F. The number of esters is 2. The molecule has 0 spiro atoms. The van der Waals surface area contributed by atoms with Crippen molar-refractivity contribution in [2.24, 2.45) is 11.3 Å². The number of rotatable bonds is 11. The minimum atomic E-state index is -7.17. The van der Waals surface area contributed by atoms with E-state index in [0.717, 1.165) is 13.8 Å². The average molecular weight is 512 g/mol. The van der Waals surface area contributed by atoms with E-state index < -0.39 is 72.3 Å². The van der Waals surface area contributed by atoms with Crippen LogP contribution in [0.3, 0.4) is 0 Å². The molecule has 196 valence electrons. The largest absolute Gasteiger partial charge is 0.461 e. The first kappa shape index (κ1) is 31.2. The average Bonchev–Trinajstić information content (AvgIpc) is 2.63. The molecule has 0 rings (SSSR count). The maximum atomic E-state index is 14.4. The Hall–Kier alpha value is -1.83. The lowest BCUT2D eigenvalue weighted by atomic mass is 9.90. The normalized spacial score (nSPS) is 15.4. The van der Waals surface area contributed by atoms with Gasteiger partial charge in [-0.3, -0.25) is 4.79 Å². The summed E-state index contributed by atoms with van der Waals surface area (Å²) >= 11 is 0. The Morgan fingerprint density at radius 2 is 1.24 bits per heavy atom. The van der Waals surface area contributed by atoms with Crippen LogP contribution in [0.15, 0.2) is 0 Å². The Labute approximate surface area is 181 Å². The van der Waals surface area contributed by atoms with Crippen molar-refractivity contribution in [1.29, 1.82) is 0 Å². The molecule has 0 aliphatic rings. The van der Waals surface area contributed by atoms with Gasteiger partial charge >= 0.3 is 41.8 Å². The van der Waals surface area contributed by atoms with Crippen LogP contribution < -0.4 is 0 Å². The Morgan fingerprint density at radius 3 is 1.61 bits per heavy atom. The zero-order valence-electron chi connectivity index (χ0n) is 18.1. The first-order chi connectivity index (χ1) is 14.4. The first-order valence-electron chi connectivity index (χ1n) is 9.36. The van der Waals surface area contributed by atoms with Crippen LogP contribution in [0.1, 0.15) is 47.5 Å². The molecular formula is C18H23F11O4. The van der Waals surface area contributed by atoms with Gasteiger partial charge in [-0.1, -0.05) is 20.8 Å². The molecule has 0 N–H and O–H groups in total. The Morgan fingerprint density at radius 1 is 0.788 bits per heavy atom. The molecule has 0 aromatic carbocycles. The molecule has 1 atom stereocenters. The fraction of sp³-hybridized carbons (Fsp3) is 0.889. The van der Waals surface area contributed by atoms with Gasteiger partial charge < -0.3 is 9.47 Å². The number of carbonyl (C=O) groups excluding carboxylic acids is 2. The van der Waals surface area contributed by atoms with E-state index in [2.05, 4.69) is 9.47 Å². The quantitative estimate of drug-likeness (QED) is 0.251. The van der Waals surface area contributed by atoms with Crippen molar-refractivity contribution in [3.8, 4) is 0 Å². The lowest BCUT2D eigenvalue weighted by Crippen LogP contribution is -2.61. The summed E-state index contributed by atoms with van der Waals surface area (Å²) in [7, 11) is 0. The monoisotopic (exact) mass is 512 g/mol. The number of hydrogen-bond donors (Lipinski definition) is 0. The Kier molecular flexibility index (Phi) is 9.26. The number of ether oxygens (including phenoxy) is 2. The molecule has 0 heterocycles. The molecular weight excluding hydrogens is 489 g/mol. The van der Waals surface area contributed by atoms with Gasteiger partial charge in [-0.05, 0) is 26.2 Å². The fourth-order valence-electron chi connectivity index (χ4n) is 2.10. The van der Waals surface area contributed by atoms with Crippen molar-refractivity contribution >= 4 is 11.9 Å². The van der Waals surface area contributed by atoms with Gasteiger partial charge in [-0.15, -0.1) is 0 Å². The summed E-state index contributed by atoms with van der Waals surface area (Å²) in [5.74, 6) is -30.0. The maximum Gasteiger partial charge on any atom is 0.460 e. The molecule has 0 aliphatic heterocycles. The minimum absolute atomic E-state index is 0.137. The topological polar surface area (TPSA) is 52.6 Å². The van der Waals surface area contributed by atoms with Crippen molar-refractivity contribution in [2.45, 2.75) is 83.4 Å². The lowest BCUT2D eigenvalue weighted by molar-refractivity contribution is -0.397. The summed E-state index contributed by atoms with van der Waals surface area (Å²) in [6.07, 6.45) is -12.0. The van der Waals surface area contributed by atoms with Crippen molar-refractivity contribution < 1.29 is 67.4 Å². The van der Waals surface area contributed by atoms with Gasteiger partial charge in [0.05, 0.1) is 18.4 Å². The summed E-state index contributed by atoms with van der Waals surface area (Å²) in [4.78, 5) is 23.7.